The Labute approximate surface area is 116 Å². The number of rotatable bonds is 4. The molecule has 1 saturated carbocycles. The fourth-order valence-electron chi connectivity index (χ4n) is 2.65. The summed E-state index contributed by atoms with van der Waals surface area (Å²) in [5.74, 6) is 0.0664. The van der Waals surface area contributed by atoms with Gasteiger partial charge in [-0.15, -0.1) is 0 Å². The van der Waals surface area contributed by atoms with Gasteiger partial charge in [0.1, 0.15) is 17.6 Å². The first-order valence-electron chi connectivity index (χ1n) is 6.70. The maximum Gasteiger partial charge on any atom is 0.300 e. The van der Waals surface area contributed by atoms with Gasteiger partial charge in [-0.05, 0) is 31.7 Å². The standard InChI is InChI=1S/C13H18N4O3/c1-8(9-4-2-3-5-9)16-13(18)10-6-12(14)15-7-11(10)17(19)20/h6-9H,2-5H2,1H3,(H2,14,15)(H,16,18). The summed E-state index contributed by atoms with van der Waals surface area (Å²) >= 11 is 0. The van der Waals surface area contributed by atoms with Crippen molar-refractivity contribution in [3.63, 3.8) is 0 Å². The van der Waals surface area contributed by atoms with Crippen molar-refractivity contribution in [1.82, 2.24) is 10.3 Å². The summed E-state index contributed by atoms with van der Waals surface area (Å²) in [7, 11) is 0. The molecule has 108 valence electrons. The average molecular weight is 278 g/mol. The zero-order valence-corrected chi connectivity index (χ0v) is 11.3. The molecule has 1 fully saturated rings. The van der Waals surface area contributed by atoms with Crippen molar-refractivity contribution in [3.05, 3.63) is 27.9 Å². The molecule has 3 N–H and O–H groups in total. The number of nitrogens with zero attached hydrogens (tertiary/aromatic N) is 2. The first kappa shape index (κ1) is 14.2. The van der Waals surface area contributed by atoms with E-state index < -0.39 is 10.8 Å². The van der Waals surface area contributed by atoms with E-state index in [1.165, 1.54) is 18.9 Å². The normalized spacial score (nSPS) is 16.9. The molecule has 1 unspecified atom stereocenters. The Bertz CT molecular complexity index is 526. The molecular formula is C13H18N4O3. The van der Waals surface area contributed by atoms with Crippen LogP contribution in [0.3, 0.4) is 0 Å². The summed E-state index contributed by atoms with van der Waals surface area (Å²) < 4.78 is 0. The van der Waals surface area contributed by atoms with Crippen molar-refractivity contribution in [1.29, 1.82) is 0 Å². The fourth-order valence-corrected chi connectivity index (χ4v) is 2.65. The van der Waals surface area contributed by atoms with Gasteiger partial charge in [-0.25, -0.2) is 4.98 Å². The van der Waals surface area contributed by atoms with Crippen LogP contribution in [-0.2, 0) is 0 Å². The zero-order chi connectivity index (χ0) is 14.7. The number of amides is 1. The molecule has 0 aromatic carbocycles. The quantitative estimate of drug-likeness (QED) is 0.645. The predicted molar refractivity (Wildman–Crippen MR) is 74.2 cm³/mol. The van der Waals surface area contributed by atoms with Crippen LogP contribution in [0, 0.1) is 16.0 Å². The lowest BCUT2D eigenvalue weighted by Crippen LogP contribution is -2.37. The maximum absolute atomic E-state index is 12.2. The van der Waals surface area contributed by atoms with Gasteiger partial charge in [-0.3, -0.25) is 14.9 Å². The number of pyridine rings is 1. The van der Waals surface area contributed by atoms with E-state index in [1.807, 2.05) is 6.92 Å². The second-order valence-electron chi connectivity index (χ2n) is 5.19. The largest absolute Gasteiger partial charge is 0.384 e. The highest BCUT2D eigenvalue weighted by molar-refractivity contribution is 5.98. The summed E-state index contributed by atoms with van der Waals surface area (Å²) in [4.78, 5) is 26.1. The van der Waals surface area contributed by atoms with Crippen LogP contribution in [0.1, 0.15) is 43.0 Å². The minimum atomic E-state index is -0.623. The Kier molecular flexibility index (Phi) is 4.16. The lowest BCUT2D eigenvalue weighted by Gasteiger charge is -2.20. The number of hydrogen-bond acceptors (Lipinski definition) is 5. The first-order valence-corrected chi connectivity index (χ1v) is 6.70. The molecule has 0 bridgehead atoms. The number of nitrogens with one attached hydrogen (secondary N) is 1. The second-order valence-corrected chi connectivity index (χ2v) is 5.19. The van der Waals surface area contributed by atoms with Crippen molar-refractivity contribution < 1.29 is 9.72 Å². The van der Waals surface area contributed by atoms with Gasteiger partial charge < -0.3 is 11.1 Å². The van der Waals surface area contributed by atoms with Crippen LogP contribution in [0.2, 0.25) is 0 Å². The van der Waals surface area contributed by atoms with Crippen molar-refractivity contribution in [3.8, 4) is 0 Å². The smallest absolute Gasteiger partial charge is 0.300 e. The third kappa shape index (κ3) is 3.04. The van der Waals surface area contributed by atoms with Crippen LogP contribution < -0.4 is 11.1 Å². The number of hydrogen-bond donors (Lipinski definition) is 2. The molecule has 1 heterocycles. The van der Waals surface area contributed by atoms with E-state index in [9.17, 15) is 14.9 Å². The van der Waals surface area contributed by atoms with Crippen molar-refractivity contribution in [2.24, 2.45) is 5.92 Å². The van der Waals surface area contributed by atoms with Gasteiger partial charge in [0, 0.05) is 6.04 Å². The summed E-state index contributed by atoms with van der Waals surface area (Å²) in [6, 6.07) is 1.24. The van der Waals surface area contributed by atoms with Crippen molar-refractivity contribution >= 4 is 17.4 Å². The molecule has 0 spiro atoms. The summed E-state index contributed by atoms with van der Waals surface area (Å²) in [5.41, 5.74) is 5.15. The number of nitrogen functional groups attached to an aromatic ring is 1. The van der Waals surface area contributed by atoms with Crippen LogP contribution in [0.25, 0.3) is 0 Å². The Morgan fingerprint density at radius 2 is 2.20 bits per heavy atom. The molecule has 0 aliphatic heterocycles. The van der Waals surface area contributed by atoms with Crippen molar-refractivity contribution in [2.75, 3.05) is 5.73 Å². The molecule has 2 rings (SSSR count). The molecule has 7 nitrogen and oxygen atoms in total. The predicted octanol–water partition coefficient (Wildman–Crippen LogP) is 1.88. The molecule has 1 aliphatic carbocycles. The molecule has 7 heteroatoms. The summed E-state index contributed by atoms with van der Waals surface area (Å²) in [6.07, 6.45) is 5.54. The monoisotopic (exact) mass is 278 g/mol. The van der Waals surface area contributed by atoms with Gasteiger partial charge in [0.05, 0.1) is 4.92 Å². The van der Waals surface area contributed by atoms with Gasteiger partial charge in [0.25, 0.3) is 11.6 Å². The molecule has 0 radical (unpaired) electrons. The minimum Gasteiger partial charge on any atom is -0.384 e. The van der Waals surface area contributed by atoms with E-state index in [0.717, 1.165) is 19.0 Å². The first-order chi connectivity index (χ1) is 9.49. The van der Waals surface area contributed by atoms with Crippen LogP contribution in [0.5, 0.6) is 0 Å². The van der Waals surface area contributed by atoms with Gasteiger partial charge in [0.15, 0.2) is 0 Å². The van der Waals surface area contributed by atoms with Gasteiger partial charge in [-0.1, -0.05) is 12.8 Å². The topological polar surface area (TPSA) is 111 Å². The Balaban J connectivity index is 2.15. The zero-order valence-electron chi connectivity index (χ0n) is 11.3. The molecule has 1 aromatic heterocycles. The van der Waals surface area contributed by atoms with Crippen LogP contribution in [-0.4, -0.2) is 21.9 Å². The average Bonchev–Trinajstić information content (AvgIpc) is 2.92. The third-order valence-electron chi connectivity index (χ3n) is 3.81. The minimum absolute atomic E-state index is 0.000932. The van der Waals surface area contributed by atoms with E-state index in [1.54, 1.807) is 0 Å². The van der Waals surface area contributed by atoms with E-state index in [4.69, 9.17) is 5.73 Å². The van der Waals surface area contributed by atoms with Gasteiger partial charge in [-0.2, -0.15) is 0 Å². The third-order valence-corrected chi connectivity index (χ3v) is 3.81. The van der Waals surface area contributed by atoms with Gasteiger partial charge >= 0.3 is 0 Å². The fraction of sp³-hybridized carbons (Fsp3) is 0.538. The highest BCUT2D eigenvalue weighted by atomic mass is 16.6. The molecule has 0 saturated heterocycles. The number of carbonyl (C=O) groups is 1. The Morgan fingerprint density at radius 1 is 1.55 bits per heavy atom. The van der Waals surface area contributed by atoms with Gasteiger partial charge in [0.2, 0.25) is 0 Å². The molecule has 1 aromatic rings. The van der Waals surface area contributed by atoms with E-state index >= 15 is 0 Å². The van der Waals surface area contributed by atoms with Crippen molar-refractivity contribution in [2.45, 2.75) is 38.6 Å². The SMILES string of the molecule is CC(NC(=O)c1cc(N)ncc1[N+](=O)[O-])C1CCCC1. The van der Waals surface area contributed by atoms with E-state index in [-0.39, 0.29) is 23.1 Å². The lowest BCUT2D eigenvalue weighted by atomic mass is 9.99. The molecular weight excluding hydrogens is 260 g/mol. The second kappa shape index (κ2) is 5.85. The highest BCUT2D eigenvalue weighted by Gasteiger charge is 2.26. The highest BCUT2D eigenvalue weighted by Crippen LogP contribution is 2.28. The van der Waals surface area contributed by atoms with E-state index in [0.29, 0.717) is 5.92 Å². The number of aromatic nitrogens is 1. The Morgan fingerprint density at radius 3 is 2.80 bits per heavy atom. The molecule has 1 aliphatic rings. The number of anilines is 1. The summed E-state index contributed by atoms with van der Waals surface area (Å²) in [6.45, 7) is 1.93. The number of carbonyl (C=O) groups excluding carboxylic acids is 1. The summed E-state index contributed by atoms with van der Waals surface area (Å²) in [5, 5.41) is 13.8. The van der Waals surface area contributed by atoms with E-state index in [2.05, 4.69) is 10.3 Å². The lowest BCUT2D eigenvalue weighted by molar-refractivity contribution is -0.385. The number of nitro groups is 1. The molecule has 20 heavy (non-hydrogen) atoms. The van der Waals surface area contributed by atoms with Crippen LogP contribution in [0.15, 0.2) is 12.3 Å². The number of nitrogens with two attached hydrogens (primary N) is 1. The molecule has 1 atom stereocenters. The molecule has 1 amide bonds. The maximum atomic E-state index is 12.2. The Hall–Kier alpha value is -2.18. The van der Waals surface area contributed by atoms with Crippen LogP contribution in [0.4, 0.5) is 11.5 Å². The van der Waals surface area contributed by atoms with Crippen LogP contribution >= 0.6 is 0 Å².